The van der Waals surface area contributed by atoms with Gasteiger partial charge < -0.3 is 80.4 Å². The van der Waals surface area contributed by atoms with Gasteiger partial charge in [0, 0.05) is 75.2 Å². The summed E-state index contributed by atoms with van der Waals surface area (Å²) in [6.45, 7) is 5.64. The number of amides is 8. The van der Waals surface area contributed by atoms with Crippen molar-refractivity contribution in [1.29, 1.82) is 0 Å². The van der Waals surface area contributed by atoms with Gasteiger partial charge in [0.05, 0.1) is 78.0 Å². The molecule has 8 aromatic heterocycles. The molecule has 0 unspecified atom stereocenters. The SMILES string of the molecule is CNCC(=O)OCc1cccnc1N(C)C(=O)OCn1nc(C(=O)Nc2ccc(C)cc2Cl)c(Br)c1Cl.CNCC(=O)OCc1cccnc1N(C)C(=O)OCn1nc(C(=O)Nc2ccc(C)cc2Cl)c(Br)c1Cl.CNCC(=O)OCc1cccnc1N(C)C(=O)OCn1nc(C(=O)Nc2ccc(C)cc2Cl)c(Cl)c1Cl.CNCC(=O)OCc1cccnc1N(C)C(=O)OCn1nc(C(=O)Nc2ccc(C)cc2Cl)c(Cl)c1Cl. The van der Waals surface area contributed by atoms with Gasteiger partial charge in [-0.2, -0.15) is 20.4 Å². The van der Waals surface area contributed by atoms with E-state index in [0.717, 1.165) is 60.6 Å². The molecule has 8 amide bonds. The first-order chi connectivity index (χ1) is 70.5. The molecule has 12 aromatic rings. The van der Waals surface area contributed by atoms with E-state index in [1.165, 1.54) is 53.0 Å². The second-order valence-electron chi connectivity index (χ2n) is 30.7. The summed E-state index contributed by atoms with van der Waals surface area (Å²) < 4.78 is 46.7. The molecule has 12 rings (SSSR count). The van der Waals surface area contributed by atoms with E-state index in [1.54, 1.807) is 150 Å². The van der Waals surface area contributed by atoms with E-state index in [0.29, 0.717) is 65.1 Å². The fraction of sp³-hybridized carbons (Fsp3) is 0.261. The summed E-state index contributed by atoms with van der Waals surface area (Å²) in [5.74, 6) is -3.31. The number of aromatic nitrogens is 12. The van der Waals surface area contributed by atoms with Gasteiger partial charge in [0.25, 0.3) is 23.6 Å². The number of hydrogen-bond acceptors (Lipinski definition) is 32. The average molecular weight is 2370 g/mol. The molecule has 8 N–H and O–H groups in total. The standard InChI is InChI=1S/2C23H23BrCl2N6O5.2C23H23Cl3N6O5/c2*1-13-6-7-16(15(25)9-13)29-22(34)19-18(24)20(26)32(30-19)12-37-23(35)31(3)21-14(5-4-8-28-21)11-36-17(33)10-27-2;2*1-13-6-7-16(15(24)9-13)29-22(34)19-18(25)20(26)32(30-19)12-37-23(35)31(3)21-14(5-4-8-28-21)11-36-17(33)10-27-2/h4*4-9,27H,10-12H2,1-3H3,(H,29,34). The van der Waals surface area contributed by atoms with Gasteiger partial charge in [0.15, 0.2) is 49.7 Å². The number of aryl methyl sites for hydroxylation is 4. The molecule has 0 aliphatic carbocycles. The van der Waals surface area contributed by atoms with E-state index in [2.05, 4.69) is 115 Å². The normalized spacial score (nSPS) is 10.6. The highest BCUT2D eigenvalue weighted by atomic mass is 79.9. The highest BCUT2D eigenvalue weighted by Crippen LogP contribution is 2.36. The van der Waals surface area contributed by atoms with Crippen LogP contribution in [-0.4, -0.2) is 213 Å². The van der Waals surface area contributed by atoms with Crippen molar-refractivity contribution in [3.05, 3.63) is 273 Å². The maximum absolute atomic E-state index is 12.8. The van der Waals surface area contributed by atoms with Gasteiger partial charge in [-0.1, -0.05) is 165 Å². The number of carbonyl (C=O) groups is 12. The summed E-state index contributed by atoms with van der Waals surface area (Å²) in [5.41, 5.74) is 6.85. The van der Waals surface area contributed by atoms with Crippen molar-refractivity contribution >= 4 is 266 Å². The third-order valence-electron chi connectivity index (χ3n) is 19.6. The molecule has 44 nitrogen and oxygen atoms in total. The molecule has 0 aliphatic heterocycles. The van der Waals surface area contributed by atoms with Crippen molar-refractivity contribution in [2.45, 2.75) is 81.0 Å². The summed E-state index contributed by atoms with van der Waals surface area (Å²) >= 11 is 68.6. The fourth-order valence-electron chi connectivity index (χ4n) is 12.2. The van der Waals surface area contributed by atoms with Gasteiger partial charge >= 0.3 is 48.3 Å². The molecule has 0 bridgehead atoms. The number of benzene rings is 4. The number of esters is 4. The zero-order valence-electron chi connectivity index (χ0n) is 80.2. The van der Waals surface area contributed by atoms with Gasteiger partial charge in [-0.3, -0.25) is 58.0 Å². The minimum atomic E-state index is -0.804. The molecule has 0 radical (unpaired) electrons. The van der Waals surface area contributed by atoms with E-state index < -0.39 is 98.8 Å². The molecule has 148 heavy (non-hydrogen) atoms. The van der Waals surface area contributed by atoms with Crippen LogP contribution in [0.4, 0.5) is 65.2 Å². The third kappa shape index (κ3) is 33.4. The molecule has 0 saturated carbocycles. The number of nitrogens with zero attached hydrogens (tertiary/aromatic N) is 16. The Kier molecular flexibility index (Phi) is 45.9. The number of likely N-dealkylation sites (N-methyl/N-ethyl adjacent to an activating group) is 4. The van der Waals surface area contributed by atoms with E-state index in [1.807, 2.05) is 27.7 Å². The number of ether oxygens (including phenoxy) is 8. The van der Waals surface area contributed by atoms with E-state index in [4.69, 9.17) is 154 Å². The first kappa shape index (κ1) is 118. The Morgan fingerprint density at radius 2 is 0.514 bits per heavy atom. The molecule has 56 heteroatoms. The molecule has 0 saturated heterocycles. The molecule has 784 valence electrons. The lowest BCUT2D eigenvalue weighted by Crippen LogP contribution is -2.30. The molecule has 0 spiro atoms. The van der Waals surface area contributed by atoms with Crippen LogP contribution in [0.15, 0.2) is 155 Å². The van der Waals surface area contributed by atoms with Crippen molar-refractivity contribution in [3.63, 3.8) is 0 Å². The average Bonchev–Trinajstić information content (AvgIpc) is 1.68. The first-order valence-corrected chi connectivity index (χ1v) is 48.4. The lowest BCUT2D eigenvalue weighted by atomic mass is 10.2. The predicted octanol–water partition coefficient (Wildman–Crippen LogP) is 17.4. The van der Waals surface area contributed by atoms with Gasteiger partial charge in [-0.25, -0.2) is 57.8 Å². The van der Waals surface area contributed by atoms with Crippen LogP contribution in [0, 0.1) is 27.7 Å². The first-order valence-electron chi connectivity index (χ1n) is 43.0. The molecule has 0 aliphatic rings. The number of carbonyl (C=O) groups excluding carboxylic acids is 12. The summed E-state index contributed by atoms with van der Waals surface area (Å²) in [6.07, 6.45) is 2.78. The van der Waals surface area contributed by atoms with Crippen molar-refractivity contribution in [2.75, 3.05) is 123 Å². The van der Waals surface area contributed by atoms with Crippen molar-refractivity contribution in [3.8, 4) is 0 Å². The Bertz CT molecular complexity index is 6070. The predicted molar refractivity (Wildman–Crippen MR) is 562 cm³/mol. The summed E-state index contributed by atoms with van der Waals surface area (Å²) in [5, 5.41) is 38.9. The Morgan fingerprint density at radius 1 is 0.304 bits per heavy atom. The zero-order chi connectivity index (χ0) is 108. The van der Waals surface area contributed by atoms with E-state index >= 15 is 0 Å². The number of hydrogen-bond donors (Lipinski definition) is 8. The Labute approximate surface area is 912 Å². The number of pyridine rings is 4. The number of anilines is 8. The fourth-order valence-corrected chi connectivity index (χ4v) is 15.4. The third-order valence-corrected chi connectivity index (χ3v) is 25.3. The van der Waals surface area contributed by atoms with Crippen LogP contribution in [0.2, 0.25) is 50.7 Å². The van der Waals surface area contributed by atoms with Crippen molar-refractivity contribution in [1.82, 2.24) is 80.3 Å². The molecular formula is C92H92Br2Cl10N24O20. The van der Waals surface area contributed by atoms with Crippen LogP contribution in [0.25, 0.3) is 0 Å². The van der Waals surface area contributed by atoms with Crippen molar-refractivity contribution < 1.29 is 95.4 Å². The summed E-state index contributed by atoms with van der Waals surface area (Å²) in [4.78, 5) is 170. The van der Waals surface area contributed by atoms with Gasteiger partial charge in [0.2, 0.25) is 0 Å². The Morgan fingerprint density at radius 3 is 0.730 bits per heavy atom. The van der Waals surface area contributed by atoms with Crippen LogP contribution in [-0.2, 0) is 110 Å². The van der Waals surface area contributed by atoms with E-state index in [9.17, 15) is 57.5 Å². The quantitative estimate of drug-likeness (QED) is 0.0133. The Hall–Kier alpha value is -13.1. The summed E-state index contributed by atoms with van der Waals surface area (Å²) in [6, 6.07) is 33.9. The second-order valence-corrected chi connectivity index (χ2v) is 36.1. The largest absolute Gasteiger partial charge is 0.460 e. The minimum Gasteiger partial charge on any atom is -0.460 e. The monoisotopic (exact) mass is 2360 g/mol. The van der Waals surface area contributed by atoms with Crippen LogP contribution in [0.3, 0.4) is 0 Å². The zero-order valence-corrected chi connectivity index (χ0v) is 90.9. The highest BCUT2D eigenvalue weighted by molar-refractivity contribution is 9.11. The van der Waals surface area contributed by atoms with Crippen LogP contribution in [0.5, 0.6) is 0 Å². The van der Waals surface area contributed by atoms with Crippen molar-refractivity contribution in [2.24, 2.45) is 0 Å². The lowest BCUT2D eigenvalue weighted by Gasteiger charge is -2.19. The smallest absolute Gasteiger partial charge is 0.417 e. The molecular weight excluding hydrogens is 2280 g/mol. The van der Waals surface area contributed by atoms with Crippen LogP contribution < -0.4 is 62.1 Å². The molecule has 0 atom stereocenters. The van der Waals surface area contributed by atoms with Crippen LogP contribution in [0.1, 0.15) is 86.5 Å². The highest BCUT2D eigenvalue weighted by Gasteiger charge is 2.31. The maximum Gasteiger partial charge on any atom is 0.417 e. The number of halogens is 12. The van der Waals surface area contributed by atoms with E-state index in [-0.39, 0.29) is 138 Å². The maximum atomic E-state index is 12.8. The summed E-state index contributed by atoms with van der Waals surface area (Å²) in [7, 11) is 12.3. The molecule has 4 aromatic carbocycles. The lowest BCUT2D eigenvalue weighted by molar-refractivity contribution is -0.144. The Balaban J connectivity index is 0.000000219. The van der Waals surface area contributed by atoms with Gasteiger partial charge in [-0.15, -0.1) is 0 Å². The van der Waals surface area contributed by atoms with Crippen LogP contribution >= 0.6 is 148 Å². The number of rotatable bonds is 36. The van der Waals surface area contributed by atoms with Gasteiger partial charge in [-0.05, 0) is 183 Å². The molecule has 0 fully saturated rings. The second kappa shape index (κ2) is 57.4. The minimum absolute atomic E-state index is 0.0264. The van der Waals surface area contributed by atoms with Gasteiger partial charge in [0.1, 0.15) is 80.4 Å². The number of nitrogens with one attached hydrogen (secondary N) is 8. The molecule has 8 heterocycles. The topological polar surface area (TPSA) is 511 Å².